The normalized spacial score (nSPS) is 50.2. The molecular formula is C30H40O8. The number of aliphatic hydroxyl groups excluding tert-OH is 1. The van der Waals surface area contributed by atoms with Crippen molar-refractivity contribution < 1.29 is 38.1 Å². The summed E-state index contributed by atoms with van der Waals surface area (Å²) in [5.74, 6) is -1.22. The van der Waals surface area contributed by atoms with Crippen LogP contribution in [0.15, 0.2) is 23.0 Å². The fourth-order valence-corrected chi connectivity index (χ4v) is 10.6. The number of fused-ring (bicyclic) bond motifs is 3. The highest BCUT2D eigenvalue weighted by Gasteiger charge is 2.90. The van der Waals surface area contributed by atoms with Crippen molar-refractivity contribution in [3.05, 3.63) is 24.2 Å². The average molecular weight is 529 g/mol. The van der Waals surface area contributed by atoms with Crippen LogP contribution in [0.3, 0.4) is 0 Å². The second-order valence-corrected chi connectivity index (χ2v) is 13.8. The number of aliphatic hydroxyl groups is 1. The lowest BCUT2D eigenvalue weighted by atomic mass is 9.35. The van der Waals surface area contributed by atoms with E-state index in [0.717, 1.165) is 18.4 Å². The highest BCUT2D eigenvalue weighted by atomic mass is 16.6. The van der Waals surface area contributed by atoms with Gasteiger partial charge in [-0.25, -0.2) is 0 Å². The quantitative estimate of drug-likeness (QED) is 0.459. The zero-order valence-corrected chi connectivity index (χ0v) is 23.4. The van der Waals surface area contributed by atoms with Gasteiger partial charge >= 0.3 is 11.9 Å². The highest BCUT2D eigenvalue weighted by Crippen LogP contribution is 2.82. The van der Waals surface area contributed by atoms with Crippen LogP contribution in [0, 0.1) is 33.5 Å². The fraction of sp³-hybridized carbons (Fsp3) is 0.767. The van der Waals surface area contributed by atoms with Gasteiger partial charge in [-0.3, -0.25) is 14.4 Å². The maximum Gasteiger partial charge on any atom is 0.302 e. The van der Waals surface area contributed by atoms with Gasteiger partial charge in [0.2, 0.25) is 0 Å². The summed E-state index contributed by atoms with van der Waals surface area (Å²) in [6.45, 7) is 13.4. The molecule has 1 saturated heterocycles. The molecule has 0 aromatic carbocycles. The van der Waals surface area contributed by atoms with Gasteiger partial charge in [-0.2, -0.15) is 0 Å². The maximum absolute atomic E-state index is 13.9. The first-order valence-corrected chi connectivity index (χ1v) is 13.9. The molecule has 1 aliphatic heterocycles. The van der Waals surface area contributed by atoms with E-state index in [1.165, 1.54) is 13.8 Å². The lowest BCUT2D eigenvalue weighted by Gasteiger charge is -2.70. The Morgan fingerprint density at radius 1 is 1.00 bits per heavy atom. The number of Topliss-reactive ketones (excluding diaryl/α,β-unsaturated/α-hetero) is 1. The smallest absolute Gasteiger partial charge is 0.302 e. The molecule has 0 unspecified atom stereocenters. The topological polar surface area (TPSA) is 116 Å². The van der Waals surface area contributed by atoms with E-state index >= 15 is 0 Å². The number of epoxide rings is 1. The number of rotatable bonds is 3. The van der Waals surface area contributed by atoms with Crippen molar-refractivity contribution in [2.45, 2.75) is 110 Å². The van der Waals surface area contributed by atoms with Crippen LogP contribution in [-0.2, 0) is 28.6 Å². The number of furan rings is 1. The molecule has 208 valence electrons. The number of ketones is 1. The summed E-state index contributed by atoms with van der Waals surface area (Å²) in [5.41, 5.74) is -2.20. The van der Waals surface area contributed by atoms with Gasteiger partial charge in [0.15, 0.2) is 5.78 Å². The molecule has 5 aliphatic rings. The first-order chi connectivity index (χ1) is 17.7. The number of esters is 2. The molecule has 8 heteroatoms. The first kappa shape index (κ1) is 26.1. The summed E-state index contributed by atoms with van der Waals surface area (Å²) in [7, 11) is 0. The van der Waals surface area contributed by atoms with E-state index in [9.17, 15) is 19.5 Å². The molecule has 1 N–H and O–H groups in total. The third kappa shape index (κ3) is 2.81. The minimum absolute atomic E-state index is 0.0593. The minimum Gasteiger partial charge on any atom is -0.472 e. The number of hydrogen-bond donors (Lipinski definition) is 1. The van der Waals surface area contributed by atoms with Gasteiger partial charge < -0.3 is 23.7 Å². The van der Waals surface area contributed by atoms with Crippen LogP contribution in [0.1, 0.15) is 85.6 Å². The third-order valence-corrected chi connectivity index (χ3v) is 12.1. The summed E-state index contributed by atoms with van der Waals surface area (Å²) in [5, 5.41) is 11.8. The molecule has 1 spiro atoms. The minimum atomic E-state index is -0.813. The summed E-state index contributed by atoms with van der Waals surface area (Å²) >= 11 is 0. The van der Waals surface area contributed by atoms with E-state index in [0.29, 0.717) is 12.8 Å². The Hall–Kier alpha value is -2.19. The van der Waals surface area contributed by atoms with Crippen molar-refractivity contribution in [1.29, 1.82) is 0 Å². The largest absolute Gasteiger partial charge is 0.472 e. The van der Waals surface area contributed by atoms with Crippen molar-refractivity contribution in [2.24, 2.45) is 33.5 Å². The van der Waals surface area contributed by atoms with E-state index in [1.807, 2.05) is 6.07 Å². The fourth-order valence-electron chi connectivity index (χ4n) is 10.6. The zero-order valence-electron chi connectivity index (χ0n) is 23.4. The monoisotopic (exact) mass is 528 g/mol. The van der Waals surface area contributed by atoms with Crippen LogP contribution in [0.5, 0.6) is 0 Å². The molecule has 0 amide bonds. The van der Waals surface area contributed by atoms with Gasteiger partial charge in [-0.15, -0.1) is 0 Å². The summed E-state index contributed by atoms with van der Waals surface area (Å²) in [6, 6.07) is 1.87. The maximum atomic E-state index is 13.9. The Balaban J connectivity index is 1.50. The van der Waals surface area contributed by atoms with Gasteiger partial charge in [-0.05, 0) is 37.2 Å². The van der Waals surface area contributed by atoms with Crippen molar-refractivity contribution in [3.8, 4) is 0 Å². The molecule has 1 aromatic heterocycles. The Morgan fingerprint density at radius 2 is 1.66 bits per heavy atom. The van der Waals surface area contributed by atoms with Crippen molar-refractivity contribution in [2.75, 3.05) is 0 Å². The predicted molar refractivity (Wildman–Crippen MR) is 135 cm³/mol. The van der Waals surface area contributed by atoms with Crippen LogP contribution in [0.2, 0.25) is 0 Å². The Bertz CT molecular complexity index is 1190. The molecule has 5 fully saturated rings. The van der Waals surface area contributed by atoms with Crippen LogP contribution >= 0.6 is 0 Å². The lowest BCUT2D eigenvalue weighted by Crippen LogP contribution is -2.73. The number of hydrogen-bond acceptors (Lipinski definition) is 8. The van der Waals surface area contributed by atoms with Crippen LogP contribution in [0.4, 0.5) is 0 Å². The number of ether oxygens (including phenoxy) is 3. The second kappa shape index (κ2) is 7.72. The van der Waals surface area contributed by atoms with Crippen molar-refractivity contribution >= 4 is 17.7 Å². The van der Waals surface area contributed by atoms with E-state index in [4.69, 9.17) is 18.6 Å². The average Bonchev–Trinajstić information content (AvgIpc) is 3.30. The molecule has 38 heavy (non-hydrogen) atoms. The second-order valence-electron chi connectivity index (χ2n) is 13.8. The highest BCUT2D eigenvalue weighted by molar-refractivity contribution is 5.98. The van der Waals surface area contributed by atoms with Gasteiger partial charge in [0.25, 0.3) is 0 Å². The van der Waals surface area contributed by atoms with E-state index in [2.05, 4.69) is 34.6 Å². The SMILES string of the molecule is CC(=O)O[C@H]1C[C@@H]2C(C)(C)[C@H](OC(C)=O)C[C@H](O)[C@]2(C)[C@H]2CC[C@]3(C)[C@@H](c4ccoc4)C(=O)[C@@H]4O[C@@]43[C@]12C. The molecule has 1 aromatic rings. The summed E-state index contributed by atoms with van der Waals surface area (Å²) in [6.07, 6.45) is 3.29. The zero-order chi connectivity index (χ0) is 27.6. The molecular weight excluding hydrogens is 488 g/mol. The molecule has 6 rings (SSSR count). The van der Waals surface area contributed by atoms with Crippen LogP contribution in [0.25, 0.3) is 0 Å². The van der Waals surface area contributed by atoms with E-state index < -0.39 is 51.7 Å². The molecule has 0 radical (unpaired) electrons. The van der Waals surface area contributed by atoms with Gasteiger partial charge in [0.1, 0.15) is 23.9 Å². The predicted octanol–water partition coefficient (Wildman–Crippen LogP) is 4.19. The molecule has 0 bridgehead atoms. The first-order valence-electron chi connectivity index (χ1n) is 13.9. The standard InChI is InChI=1S/C30H40O8/c1-15(31)36-21-13-20(33)28(6)18-8-10-27(5)23(17-9-11-35-14-17)24(34)25-30(27,38-25)29(18,7)22(37-16(2)32)12-19(28)26(21,3)4/h9,11,14,18-23,25,33H,8,10,12-13H2,1-7H3/t18-,19-,20+,21-,22+,23+,25+,27-,28-,29+,30+/m1/s1. The molecule has 11 atom stereocenters. The van der Waals surface area contributed by atoms with Crippen molar-refractivity contribution in [1.82, 2.24) is 0 Å². The molecule has 4 aliphatic carbocycles. The van der Waals surface area contributed by atoms with Gasteiger partial charge in [0.05, 0.1) is 24.5 Å². The Kier molecular flexibility index (Phi) is 5.29. The third-order valence-electron chi connectivity index (χ3n) is 12.1. The number of carbonyl (C=O) groups is 3. The summed E-state index contributed by atoms with van der Waals surface area (Å²) < 4.78 is 23.8. The Labute approximate surface area is 223 Å². The van der Waals surface area contributed by atoms with Crippen LogP contribution < -0.4 is 0 Å². The van der Waals surface area contributed by atoms with Crippen molar-refractivity contribution in [3.63, 3.8) is 0 Å². The number of carbonyl (C=O) groups excluding carboxylic acids is 3. The molecule has 2 heterocycles. The molecule has 4 saturated carbocycles. The van der Waals surface area contributed by atoms with E-state index in [-0.39, 0.29) is 35.5 Å². The van der Waals surface area contributed by atoms with Gasteiger partial charge in [0, 0.05) is 47.5 Å². The summed E-state index contributed by atoms with van der Waals surface area (Å²) in [4.78, 5) is 38.4. The molecule has 8 nitrogen and oxygen atoms in total. The van der Waals surface area contributed by atoms with Crippen LogP contribution in [-0.4, -0.2) is 52.8 Å². The Morgan fingerprint density at radius 3 is 2.26 bits per heavy atom. The van der Waals surface area contributed by atoms with Gasteiger partial charge in [-0.1, -0.05) is 34.6 Å². The lowest BCUT2D eigenvalue weighted by molar-refractivity contribution is -0.287. The van der Waals surface area contributed by atoms with E-state index in [1.54, 1.807) is 12.5 Å².